The number of fused-ring (bicyclic) bond motifs is 1. The number of ketones is 2. The Labute approximate surface area is 186 Å². The molecule has 2 aromatic rings. The number of aromatic nitrogens is 1. The van der Waals surface area contributed by atoms with Crippen LogP contribution < -0.4 is 11.5 Å². The highest BCUT2D eigenvalue weighted by atomic mass is 16.2. The lowest BCUT2D eigenvalue weighted by molar-refractivity contribution is -0.124. The van der Waals surface area contributed by atoms with Gasteiger partial charge in [-0.3, -0.25) is 9.59 Å². The Bertz CT molecular complexity index is 857. The van der Waals surface area contributed by atoms with E-state index in [0.29, 0.717) is 25.1 Å². The van der Waals surface area contributed by atoms with Crippen LogP contribution in [0.1, 0.15) is 50.9 Å². The summed E-state index contributed by atoms with van der Waals surface area (Å²) in [5.41, 5.74) is 12.6. The van der Waals surface area contributed by atoms with Gasteiger partial charge in [0.1, 0.15) is 5.54 Å². The number of hydrogen-bond acceptors (Lipinski definition) is 6. The fraction of sp³-hybridized carbons (Fsp3) is 0.583. The number of hydrogen-bond donors (Lipinski definition) is 3. The molecule has 0 saturated heterocycles. The lowest BCUT2D eigenvalue weighted by atomic mass is 9.79. The predicted molar refractivity (Wildman–Crippen MR) is 127 cm³/mol. The number of nitrogens with zero attached hydrogens (tertiary/aromatic N) is 2. The van der Waals surface area contributed by atoms with Crippen molar-refractivity contribution in [1.82, 2.24) is 14.8 Å². The molecule has 0 spiro atoms. The minimum absolute atomic E-state index is 0.244. The largest absolute Gasteiger partial charge is 0.361 e. The molecule has 0 fully saturated rings. The van der Waals surface area contributed by atoms with Crippen molar-refractivity contribution in [2.75, 3.05) is 39.3 Å². The van der Waals surface area contributed by atoms with Gasteiger partial charge in [-0.1, -0.05) is 39.8 Å². The molecule has 2 atom stereocenters. The molecule has 2 unspecified atom stereocenters. The average Bonchev–Trinajstić information content (AvgIpc) is 3.26. The summed E-state index contributed by atoms with van der Waals surface area (Å²) in [6.45, 7) is 13.0. The second-order valence-corrected chi connectivity index (χ2v) is 8.14. The Kier molecular flexibility index (Phi) is 9.37. The first-order chi connectivity index (χ1) is 14.8. The van der Waals surface area contributed by atoms with Gasteiger partial charge in [0, 0.05) is 30.4 Å². The summed E-state index contributed by atoms with van der Waals surface area (Å²) in [4.78, 5) is 34.5. The molecule has 1 aromatic carbocycles. The molecule has 0 radical (unpaired) electrons. The van der Waals surface area contributed by atoms with Gasteiger partial charge in [-0.2, -0.15) is 0 Å². The highest BCUT2D eigenvalue weighted by Crippen LogP contribution is 2.22. The van der Waals surface area contributed by atoms with E-state index in [1.165, 1.54) is 0 Å². The van der Waals surface area contributed by atoms with Crippen LogP contribution in [0.3, 0.4) is 0 Å². The topological polar surface area (TPSA) is 108 Å². The molecular weight excluding hydrogens is 390 g/mol. The molecule has 172 valence electrons. The van der Waals surface area contributed by atoms with Crippen LogP contribution in [0, 0.1) is 0 Å². The molecular formula is C24H39N5O2. The van der Waals surface area contributed by atoms with Crippen molar-refractivity contribution in [1.29, 1.82) is 0 Å². The Morgan fingerprint density at radius 3 is 2.23 bits per heavy atom. The van der Waals surface area contributed by atoms with E-state index < -0.39 is 11.6 Å². The minimum Gasteiger partial charge on any atom is -0.361 e. The van der Waals surface area contributed by atoms with Crippen molar-refractivity contribution >= 4 is 22.5 Å². The van der Waals surface area contributed by atoms with E-state index in [-0.39, 0.29) is 18.0 Å². The molecule has 0 bridgehead atoms. The van der Waals surface area contributed by atoms with E-state index in [1.807, 2.05) is 18.3 Å². The van der Waals surface area contributed by atoms with E-state index in [1.54, 1.807) is 12.1 Å². The van der Waals surface area contributed by atoms with Crippen molar-refractivity contribution in [2.45, 2.75) is 52.1 Å². The van der Waals surface area contributed by atoms with Gasteiger partial charge in [-0.05, 0) is 56.5 Å². The number of H-pyrrole nitrogens is 1. The first kappa shape index (κ1) is 25.2. The molecule has 2 rings (SSSR count). The minimum atomic E-state index is -1.65. The van der Waals surface area contributed by atoms with Gasteiger partial charge in [0.05, 0.1) is 6.04 Å². The summed E-state index contributed by atoms with van der Waals surface area (Å²) in [6, 6.07) is 6.54. The number of benzene rings is 1. The van der Waals surface area contributed by atoms with Crippen LogP contribution in [0.25, 0.3) is 10.9 Å². The quantitative estimate of drug-likeness (QED) is 0.314. The number of carbonyl (C=O) groups is 2. The molecule has 31 heavy (non-hydrogen) atoms. The molecule has 1 aromatic heterocycles. The van der Waals surface area contributed by atoms with Gasteiger partial charge in [-0.25, -0.2) is 0 Å². The van der Waals surface area contributed by atoms with Crippen LogP contribution in [-0.2, 0) is 4.79 Å². The van der Waals surface area contributed by atoms with E-state index in [9.17, 15) is 9.59 Å². The molecule has 0 aliphatic rings. The maximum Gasteiger partial charge on any atom is 0.190 e. The summed E-state index contributed by atoms with van der Waals surface area (Å²) in [5, 5.41) is 1.00. The Balaban J connectivity index is 2.29. The van der Waals surface area contributed by atoms with Crippen molar-refractivity contribution in [3.63, 3.8) is 0 Å². The molecule has 7 heteroatoms. The van der Waals surface area contributed by atoms with Crippen LogP contribution in [0.4, 0.5) is 0 Å². The molecule has 7 nitrogen and oxygen atoms in total. The summed E-state index contributed by atoms with van der Waals surface area (Å²) in [6.07, 6.45) is 2.55. The molecule has 0 aliphatic carbocycles. The Morgan fingerprint density at radius 2 is 1.61 bits per heavy atom. The van der Waals surface area contributed by atoms with Crippen molar-refractivity contribution in [3.05, 3.63) is 36.0 Å². The number of Topliss-reactive ketones (excluding diaryl/α,β-unsaturated/α-hetero) is 2. The van der Waals surface area contributed by atoms with Crippen molar-refractivity contribution in [2.24, 2.45) is 11.5 Å². The number of carbonyl (C=O) groups excluding carboxylic acids is 2. The molecule has 0 saturated carbocycles. The van der Waals surface area contributed by atoms with E-state index in [0.717, 1.165) is 37.1 Å². The summed E-state index contributed by atoms with van der Waals surface area (Å²) in [7, 11) is 0. The van der Waals surface area contributed by atoms with Gasteiger partial charge in [0.15, 0.2) is 11.6 Å². The SMILES string of the molecule is CCN(CC)CCC(N)C(=O)C(N)(CCN(CC)CC)C(=O)c1ccc2cc[nH]c2c1. The normalized spacial score (nSPS) is 14.8. The molecule has 0 aliphatic heterocycles. The van der Waals surface area contributed by atoms with Gasteiger partial charge >= 0.3 is 0 Å². The van der Waals surface area contributed by atoms with Crippen molar-refractivity contribution in [3.8, 4) is 0 Å². The maximum absolute atomic E-state index is 13.6. The average molecular weight is 430 g/mol. The summed E-state index contributed by atoms with van der Waals surface area (Å²) >= 11 is 0. The lowest BCUT2D eigenvalue weighted by Crippen LogP contribution is -2.61. The van der Waals surface area contributed by atoms with E-state index in [2.05, 4.69) is 42.5 Å². The Hall–Kier alpha value is -2.06. The van der Waals surface area contributed by atoms with Crippen LogP contribution in [0.2, 0.25) is 0 Å². The Morgan fingerprint density at radius 1 is 1.00 bits per heavy atom. The second kappa shape index (κ2) is 11.5. The summed E-state index contributed by atoms with van der Waals surface area (Å²) in [5.74, 6) is -0.733. The van der Waals surface area contributed by atoms with Gasteiger partial charge in [0.25, 0.3) is 0 Å². The van der Waals surface area contributed by atoms with Crippen LogP contribution in [0.15, 0.2) is 30.5 Å². The van der Waals surface area contributed by atoms with Crippen molar-refractivity contribution < 1.29 is 9.59 Å². The highest BCUT2D eigenvalue weighted by molar-refractivity contribution is 6.20. The number of rotatable bonds is 14. The third-order valence-electron chi connectivity index (χ3n) is 6.37. The van der Waals surface area contributed by atoms with Crippen LogP contribution in [0.5, 0.6) is 0 Å². The van der Waals surface area contributed by atoms with E-state index in [4.69, 9.17) is 11.5 Å². The monoisotopic (exact) mass is 429 g/mol. The predicted octanol–water partition coefficient (Wildman–Crippen LogP) is 2.41. The third kappa shape index (κ3) is 6.01. The van der Waals surface area contributed by atoms with Gasteiger partial charge in [0.2, 0.25) is 0 Å². The first-order valence-electron chi connectivity index (χ1n) is 11.5. The standard InChI is InChI=1S/C24H39N5O2/c1-5-28(6-2)15-12-20(25)23(31)24(26,13-16-29(7-3)8-4)22(30)19-10-9-18-11-14-27-21(18)17-19/h9-11,14,17,20,27H,5-8,12-13,15-16,25-26H2,1-4H3. The highest BCUT2D eigenvalue weighted by Gasteiger charge is 2.44. The maximum atomic E-state index is 13.6. The molecule has 1 heterocycles. The van der Waals surface area contributed by atoms with Crippen LogP contribution in [-0.4, -0.2) is 77.2 Å². The third-order valence-corrected chi connectivity index (χ3v) is 6.37. The zero-order valence-corrected chi connectivity index (χ0v) is 19.5. The number of nitrogens with two attached hydrogens (primary N) is 2. The van der Waals surface area contributed by atoms with E-state index >= 15 is 0 Å². The lowest BCUT2D eigenvalue weighted by Gasteiger charge is -2.32. The fourth-order valence-corrected chi connectivity index (χ4v) is 3.99. The first-order valence-corrected chi connectivity index (χ1v) is 11.5. The molecule has 0 amide bonds. The number of aromatic amines is 1. The van der Waals surface area contributed by atoms with Gasteiger partial charge < -0.3 is 26.3 Å². The fourth-order valence-electron chi connectivity index (χ4n) is 3.99. The van der Waals surface area contributed by atoms with Gasteiger partial charge in [-0.15, -0.1) is 0 Å². The summed E-state index contributed by atoms with van der Waals surface area (Å²) < 4.78 is 0. The second-order valence-electron chi connectivity index (χ2n) is 8.14. The smallest absolute Gasteiger partial charge is 0.190 e. The molecule has 5 N–H and O–H groups in total. The number of nitrogens with one attached hydrogen (secondary N) is 1. The zero-order valence-electron chi connectivity index (χ0n) is 19.5. The zero-order chi connectivity index (χ0) is 23.0. The van der Waals surface area contributed by atoms with Crippen LogP contribution >= 0.6 is 0 Å².